The predicted octanol–water partition coefficient (Wildman–Crippen LogP) is 0.540. The molecule has 0 aromatic carbocycles. The molecule has 5 heteroatoms. The minimum Gasteiger partial charge on any atom is -0.261 e. The van der Waals surface area contributed by atoms with Gasteiger partial charge in [-0.3, -0.25) is 4.98 Å². The van der Waals surface area contributed by atoms with E-state index in [9.17, 15) is 8.42 Å². The van der Waals surface area contributed by atoms with Crippen LogP contribution in [-0.2, 0) is 16.3 Å². The van der Waals surface area contributed by atoms with Gasteiger partial charge in [-0.25, -0.2) is 8.42 Å². The molecule has 0 aliphatic rings. The highest BCUT2D eigenvalue weighted by Crippen LogP contribution is 2.02. The van der Waals surface area contributed by atoms with Gasteiger partial charge < -0.3 is 0 Å². The summed E-state index contributed by atoms with van der Waals surface area (Å²) in [5.41, 5.74) is 1.14. The Balaban J connectivity index is 2.74. The first-order valence-corrected chi connectivity index (χ1v) is 6.10. The summed E-state index contributed by atoms with van der Waals surface area (Å²) in [4.78, 5) is 3.97. The van der Waals surface area contributed by atoms with Crippen LogP contribution in [0.5, 0.6) is 0 Å². The molecule has 0 fully saturated rings. The van der Waals surface area contributed by atoms with Gasteiger partial charge in [0.05, 0.1) is 17.4 Å². The summed E-state index contributed by atoms with van der Waals surface area (Å²) in [5, 5.41) is 8.59. The van der Waals surface area contributed by atoms with Crippen LogP contribution < -0.4 is 0 Å². The number of pyridine rings is 1. The van der Waals surface area contributed by atoms with Crippen molar-refractivity contribution in [3.63, 3.8) is 0 Å². The lowest BCUT2D eigenvalue weighted by Gasteiger charge is -1.98. The van der Waals surface area contributed by atoms with Crippen molar-refractivity contribution in [1.82, 2.24) is 4.98 Å². The quantitative estimate of drug-likeness (QED) is 0.730. The van der Waals surface area contributed by atoms with E-state index >= 15 is 0 Å². The highest BCUT2D eigenvalue weighted by atomic mass is 32.2. The summed E-state index contributed by atoms with van der Waals surface area (Å²) in [6.45, 7) is 0. The van der Waals surface area contributed by atoms with Crippen LogP contribution in [0.15, 0.2) is 18.3 Å². The summed E-state index contributed by atoms with van der Waals surface area (Å²) in [6.07, 6.45) is 3.05. The molecule has 1 rings (SSSR count). The van der Waals surface area contributed by atoms with Crippen LogP contribution in [0.4, 0.5) is 0 Å². The van der Waals surface area contributed by atoms with Crippen molar-refractivity contribution in [2.24, 2.45) is 0 Å². The molecule has 0 atom stereocenters. The Hall–Kier alpha value is -1.41. The third-order valence-corrected chi connectivity index (χ3v) is 2.62. The van der Waals surface area contributed by atoms with Gasteiger partial charge >= 0.3 is 0 Å². The second-order valence-corrected chi connectivity index (χ2v) is 5.29. The first-order valence-electron chi connectivity index (χ1n) is 4.04. The van der Waals surface area contributed by atoms with E-state index in [-0.39, 0.29) is 5.75 Å². The lowest BCUT2D eigenvalue weighted by atomic mass is 10.2. The molecule has 0 amide bonds. The number of hydrogen-bond donors (Lipinski definition) is 0. The van der Waals surface area contributed by atoms with Gasteiger partial charge in [-0.1, -0.05) is 0 Å². The fourth-order valence-electron chi connectivity index (χ4n) is 0.974. The Labute approximate surface area is 83.1 Å². The van der Waals surface area contributed by atoms with E-state index in [2.05, 4.69) is 4.98 Å². The monoisotopic (exact) mass is 210 g/mol. The van der Waals surface area contributed by atoms with Gasteiger partial charge in [0.25, 0.3) is 0 Å². The van der Waals surface area contributed by atoms with Crippen molar-refractivity contribution >= 4 is 9.84 Å². The lowest BCUT2D eigenvalue weighted by Crippen LogP contribution is -2.06. The van der Waals surface area contributed by atoms with E-state index in [1.165, 1.54) is 12.5 Å². The molecule has 0 saturated heterocycles. The Morgan fingerprint density at radius 1 is 1.57 bits per heavy atom. The van der Waals surface area contributed by atoms with E-state index in [1.807, 2.05) is 6.07 Å². The molecule has 0 N–H and O–H groups in total. The molecule has 1 aromatic heterocycles. The van der Waals surface area contributed by atoms with E-state index in [4.69, 9.17) is 5.26 Å². The van der Waals surface area contributed by atoms with Crippen LogP contribution >= 0.6 is 0 Å². The standard InChI is InChI=1S/C9H10N2O2S/c1-14(12,13)5-3-9-6-8(7-10)2-4-11-9/h2,4,6H,3,5H2,1H3. The predicted molar refractivity (Wildman–Crippen MR) is 52.4 cm³/mol. The van der Waals surface area contributed by atoms with Gasteiger partial charge in [-0.05, 0) is 12.1 Å². The van der Waals surface area contributed by atoms with Gasteiger partial charge in [0.2, 0.25) is 0 Å². The minimum absolute atomic E-state index is 0.0644. The van der Waals surface area contributed by atoms with E-state index in [0.717, 1.165) is 0 Å². The zero-order chi connectivity index (χ0) is 10.6. The molecule has 0 unspecified atom stereocenters. The number of nitrogens with zero attached hydrogens (tertiary/aromatic N) is 2. The van der Waals surface area contributed by atoms with Crippen molar-refractivity contribution in [3.8, 4) is 6.07 Å². The molecule has 0 bridgehead atoms. The smallest absolute Gasteiger partial charge is 0.147 e. The molecule has 4 nitrogen and oxygen atoms in total. The molecule has 0 spiro atoms. The average molecular weight is 210 g/mol. The van der Waals surface area contributed by atoms with Crippen molar-refractivity contribution in [2.45, 2.75) is 6.42 Å². The summed E-state index contributed by atoms with van der Waals surface area (Å²) < 4.78 is 21.7. The molecule has 14 heavy (non-hydrogen) atoms. The van der Waals surface area contributed by atoms with E-state index < -0.39 is 9.84 Å². The maximum Gasteiger partial charge on any atom is 0.147 e. The molecule has 1 heterocycles. The number of aromatic nitrogens is 1. The number of aryl methyl sites for hydroxylation is 1. The Morgan fingerprint density at radius 2 is 2.29 bits per heavy atom. The number of hydrogen-bond acceptors (Lipinski definition) is 4. The van der Waals surface area contributed by atoms with Gasteiger partial charge in [0.1, 0.15) is 9.84 Å². The fourth-order valence-corrected chi connectivity index (χ4v) is 1.55. The Morgan fingerprint density at radius 3 is 2.86 bits per heavy atom. The SMILES string of the molecule is CS(=O)(=O)CCc1cc(C#N)ccn1. The summed E-state index contributed by atoms with van der Waals surface area (Å²) in [5.74, 6) is 0.0644. The van der Waals surface area contributed by atoms with Gasteiger partial charge in [0, 0.05) is 24.6 Å². The van der Waals surface area contributed by atoms with Crippen LogP contribution in [0.3, 0.4) is 0 Å². The van der Waals surface area contributed by atoms with Crippen LogP contribution in [0, 0.1) is 11.3 Å². The average Bonchev–Trinajstić information content (AvgIpc) is 2.14. The molecule has 74 valence electrons. The van der Waals surface area contributed by atoms with Crippen LogP contribution in [0.2, 0.25) is 0 Å². The number of sulfone groups is 1. The highest BCUT2D eigenvalue weighted by Gasteiger charge is 2.04. The first kappa shape index (κ1) is 10.7. The molecule has 0 aliphatic carbocycles. The number of nitriles is 1. The van der Waals surface area contributed by atoms with Crippen LogP contribution in [0.25, 0.3) is 0 Å². The number of rotatable bonds is 3. The second kappa shape index (κ2) is 4.20. The molecule has 1 aromatic rings. The third-order valence-electron chi connectivity index (χ3n) is 1.67. The first-order chi connectivity index (χ1) is 6.51. The minimum atomic E-state index is -2.96. The van der Waals surface area contributed by atoms with E-state index in [0.29, 0.717) is 17.7 Å². The van der Waals surface area contributed by atoms with Gasteiger partial charge in [-0.15, -0.1) is 0 Å². The Bertz CT molecular complexity index is 460. The largest absolute Gasteiger partial charge is 0.261 e. The van der Waals surface area contributed by atoms with Crippen molar-refractivity contribution in [1.29, 1.82) is 5.26 Å². The molecule has 0 radical (unpaired) electrons. The highest BCUT2D eigenvalue weighted by molar-refractivity contribution is 7.90. The topological polar surface area (TPSA) is 70.8 Å². The fraction of sp³-hybridized carbons (Fsp3) is 0.333. The zero-order valence-electron chi connectivity index (χ0n) is 7.77. The van der Waals surface area contributed by atoms with Crippen LogP contribution in [0.1, 0.15) is 11.3 Å². The van der Waals surface area contributed by atoms with Gasteiger partial charge in [-0.2, -0.15) is 5.26 Å². The normalized spacial score (nSPS) is 10.9. The third kappa shape index (κ3) is 3.54. The maximum absolute atomic E-state index is 10.9. The van der Waals surface area contributed by atoms with Gasteiger partial charge in [0.15, 0.2) is 0 Å². The van der Waals surface area contributed by atoms with E-state index in [1.54, 1.807) is 12.1 Å². The zero-order valence-corrected chi connectivity index (χ0v) is 8.58. The van der Waals surface area contributed by atoms with Crippen molar-refractivity contribution in [2.75, 3.05) is 12.0 Å². The summed E-state index contributed by atoms with van der Waals surface area (Å²) in [7, 11) is -2.96. The Kier molecular flexibility index (Phi) is 3.20. The second-order valence-electron chi connectivity index (χ2n) is 3.03. The molecule has 0 aliphatic heterocycles. The summed E-state index contributed by atoms with van der Waals surface area (Å²) >= 11 is 0. The van der Waals surface area contributed by atoms with Crippen molar-refractivity contribution in [3.05, 3.63) is 29.6 Å². The maximum atomic E-state index is 10.9. The van der Waals surface area contributed by atoms with Crippen molar-refractivity contribution < 1.29 is 8.42 Å². The molecular weight excluding hydrogens is 200 g/mol. The lowest BCUT2D eigenvalue weighted by molar-refractivity contribution is 0.601. The summed E-state index contributed by atoms with van der Waals surface area (Å²) in [6, 6.07) is 5.16. The van der Waals surface area contributed by atoms with Crippen LogP contribution in [-0.4, -0.2) is 25.4 Å². The molecule has 0 saturated carbocycles. The molecular formula is C9H10N2O2S.